The van der Waals surface area contributed by atoms with Gasteiger partial charge in [0.15, 0.2) is 0 Å². The van der Waals surface area contributed by atoms with E-state index < -0.39 is 11.7 Å². The number of hydrogen-bond acceptors (Lipinski definition) is 3. The maximum atomic E-state index is 11.5. The quantitative estimate of drug-likeness (QED) is 0.762. The second-order valence-electron chi connectivity index (χ2n) is 4.81. The van der Waals surface area contributed by atoms with Crippen LogP contribution in [0.4, 0.5) is 0 Å². The van der Waals surface area contributed by atoms with Crippen LogP contribution in [0.2, 0.25) is 0 Å². The molecule has 0 aliphatic heterocycles. The van der Waals surface area contributed by atoms with Crippen LogP contribution in [-0.4, -0.2) is 37.3 Å². The Morgan fingerprint density at radius 3 is 2.42 bits per heavy atom. The number of likely N-dealkylation sites (N-methyl/N-ethyl adjacent to an activating group) is 1. The minimum Gasteiger partial charge on any atom is -0.496 e. The molecule has 0 radical (unpaired) electrons. The van der Waals surface area contributed by atoms with Crippen LogP contribution in [0.25, 0.3) is 0 Å². The zero-order valence-electron chi connectivity index (χ0n) is 12.2. The summed E-state index contributed by atoms with van der Waals surface area (Å²) in [6.07, 6.45) is 0.668. The average Bonchev–Trinajstić information content (AvgIpc) is 2.34. The van der Waals surface area contributed by atoms with E-state index >= 15 is 0 Å². The predicted molar refractivity (Wildman–Crippen MR) is 74.5 cm³/mol. The Morgan fingerprint density at radius 2 is 1.89 bits per heavy atom. The van der Waals surface area contributed by atoms with Gasteiger partial charge >= 0.3 is 0 Å². The molecule has 19 heavy (non-hydrogen) atoms. The Labute approximate surface area is 114 Å². The summed E-state index contributed by atoms with van der Waals surface area (Å²) in [5, 5.41) is 0. The van der Waals surface area contributed by atoms with Gasteiger partial charge in [-0.05, 0) is 31.4 Å². The number of hydrogen-bond donors (Lipinski definition) is 0. The molecule has 0 aliphatic rings. The van der Waals surface area contributed by atoms with Gasteiger partial charge in [0, 0.05) is 20.5 Å². The summed E-state index contributed by atoms with van der Waals surface area (Å²) in [6.45, 7) is 5.81. The van der Waals surface area contributed by atoms with E-state index in [9.17, 15) is 9.59 Å². The molecule has 0 N–H and O–H groups in total. The van der Waals surface area contributed by atoms with E-state index in [-0.39, 0.29) is 0 Å². The highest BCUT2D eigenvalue weighted by Crippen LogP contribution is 2.25. The molecule has 4 nitrogen and oxygen atoms in total. The van der Waals surface area contributed by atoms with E-state index in [2.05, 4.69) is 12.1 Å². The lowest BCUT2D eigenvalue weighted by Gasteiger charge is -2.18. The Balaban J connectivity index is 2.83. The van der Waals surface area contributed by atoms with Crippen LogP contribution in [0.5, 0.6) is 5.75 Å². The molecule has 1 rings (SSSR count). The zero-order chi connectivity index (χ0) is 14.6. The van der Waals surface area contributed by atoms with Gasteiger partial charge < -0.3 is 9.64 Å². The maximum Gasteiger partial charge on any atom is 0.289 e. The molecule has 0 bridgehead atoms. The van der Waals surface area contributed by atoms with Gasteiger partial charge in [0.1, 0.15) is 5.75 Å². The molecule has 0 atom stereocenters. The highest BCUT2D eigenvalue weighted by atomic mass is 16.5. The normalized spacial score (nSPS) is 10.2. The van der Waals surface area contributed by atoms with Crippen molar-refractivity contribution in [3.05, 3.63) is 28.8 Å². The lowest BCUT2D eigenvalue weighted by molar-refractivity contribution is -0.142. The van der Waals surface area contributed by atoms with Crippen molar-refractivity contribution in [1.29, 1.82) is 0 Å². The Hall–Kier alpha value is -1.84. The van der Waals surface area contributed by atoms with Gasteiger partial charge in [0.05, 0.1) is 7.11 Å². The highest BCUT2D eigenvalue weighted by Gasteiger charge is 2.15. The first-order valence-corrected chi connectivity index (χ1v) is 6.27. The first kappa shape index (κ1) is 15.2. The van der Waals surface area contributed by atoms with Crippen molar-refractivity contribution in [2.24, 2.45) is 0 Å². The molecular formula is C15H21NO3. The van der Waals surface area contributed by atoms with E-state index in [0.717, 1.165) is 22.4 Å². The minimum atomic E-state index is -0.455. The maximum absolute atomic E-state index is 11.5. The van der Waals surface area contributed by atoms with Crippen LogP contribution in [0.15, 0.2) is 12.1 Å². The summed E-state index contributed by atoms with van der Waals surface area (Å²) in [6, 6.07) is 4.12. The molecule has 1 aromatic carbocycles. The lowest BCUT2D eigenvalue weighted by Crippen LogP contribution is -2.33. The first-order valence-electron chi connectivity index (χ1n) is 6.27. The summed E-state index contributed by atoms with van der Waals surface area (Å²) in [5.74, 6) is -0.0347. The first-order chi connectivity index (χ1) is 8.86. The van der Waals surface area contributed by atoms with Crippen molar-refractivity contribution in [3.63, 3.8) is 0 Å². The molecule has 4 heteroatoms. The third kappa shape index (κ3) is 3.81. The van der Waals surface area contributed by atoms with Gasteiger partial charge in [0.25, 0.3) is 5.91 Å². The molecule has 0 fully saturated rings. The zero-order valence-corrected chi connectivity index (χ0v) is 12.2. The molecule has 0 spiro atoms. The number of amides is 1. The van der Waals surface area contributed by atoms with Gasteiger partial charge in [0.2, 0.25) is 5.78 Å². The van der Waals surface area contributed by atoms with E-state index in [1.807, 2.05) is 13.8 Å². The molecule has 0 heterocycles. The van der Waals surface area contributed by atoms with E-state index in [1.54, 1.807) is 14.2 Å². The van der Waals surface area contributed by atoms with Crippen LogP contribution in [0, 0.1) is 13.8 Å². The second kappa shape index (κ2) is 6.36. The summed E-state index contributed by atoms with van der Waals surface area (Å²) in [5.41, 5.74) is 3.30. The monoisotopic (exact) mass is 263 g/mol. The van der Waals surface area contributed by atoms with Crippen molar-refractivity contribution >= 4 is 11.7 Å². The van der Waals surface area contributed by atoms with E-state index in [0.29, 0.717) is 13.0 Å². The molecule has 104 valence electrons. The molecule has 0 aliphatic carbocycles. The summed E-state index contributed by atoms with van der Waals surface area (Å²) in [7, 11) is 3.28. The number of Topliss-reactive ketones (excluding diaryl/α,β-unsaturated/α-hetero) is 1. The average molecular weight is 263 g/mol. The largest absolute Gasteiger partial charge is 0.496 e. The fourth-order valence-corrected chi connectivity index (χ4v) is 2.18. The van der Waals surface area contributed by atoms with Crippen LogP contribution >= 0.6 is 0 Å². The number of benzene rings is 1. The van der Waals surface area contributed by atoms with Crippen LogP contribution < -0.4 is 4.74 Å². The van der Waals surface area contributed by atoms with Crippen molar-refractivity contribution < 1.29 is 14.3 Å². The number of rotatable bonds is 5. The number of carbonyl (C=O) groups is 2. The lowest BCUT2D eigenvalue weighted by atomic mass is 10.0. The van der Waals surface area contributed by atoms with Gasteiger partial charge in [-0.3, -0.25) is 9.59 Å². The predicted octanol–water partition coefficient (Wildman–Crippen LogP) is 1.90. The second-order valence-corrected chi connectivity index (χ2v) is 4.81. The summed E-state index contributed by atoms with van der Waals surface area (Å²) >= 11 is 0. The van der Waals surface area contributed by atoms with Gasteiger partial charge in [-0.25, -0.2) is 0 Å². The molecular weight excluding hydrogens is 242 g/mol. The number of ketones is 1. The van der Waals surface area contributed by atoms with Gasteiger partial charge in [-0.15, -0.1) is 0 Å². The Bertz CT molecular complexity index is 494. The molecule has 1 aromatic rings. The number of nitrogens with zero attached hydrogens (tertiary/aromatic N) is 1. The standard InChI is InChI=1S/C15H21NO3/c1-10-8-11(2)14(19-5)13(9-10)6-7-16(4)15(18)12(3)17/h8-9H,6-7H2,1-5H3. The van der Waals surface area contributed by atoms with Crippen molar-refractivity contribution in [3.8, 4) is 5.75 Å². The van der Waals surface area contributed by atoms with Crippen molar-refractivity contribution in [2.75, 3.05) is 20.7 Å². The third-order valence-corrected chi connectivity index (χ3v) is 3.06. The molecule has 1 amide bonds. The Morgan fingerprint density at radius 1 is 1.26 bits per heavy atom. The Kier molecular flexibility index (Phi) is 5.10. The fourth-order valence-electron chi connectivity index (χ4n) is 2.18. The minimum absolute atomic E-state index is 0.435. The fraction of sp³-hybridized carbons (Fsp3) is 0.467. The SMILES string of the molecule is COc1c(C)cc(C)cc1CCN(C)C(=O)C(C)=O. The number of aryl methyl sites for hydroxylation is 2. The van der Waals surface area contributed by atoms with Gasteiger partial charge in [-0.1, -0.05) is 17.7 Å². The smallest absolute Gasteiger partial charge is 0.289 e. The number of methoxy groups -OCH3 is 1. The molecule has 0 aromatic heterocycles. The molecule has 0 saturated carbocycles. The number of carbonyl (C=O) groups excluding carboxylic acids is 2. The van der Waals surface area contributed by atoms with Crippen LogP contribution in [0.1, 0.15) is 23.6 Å². The van der Waals surface area contributed by atoms with Gasteiger partial charge in [-0.2, -0.15) is 0 Å². The third-order valence-electron chi connectivity index (χ3n) is 3.06. The van der Waals surface area contributed by atoms with Crippen LogP contribution in [0.3, 0.4) is 0 Å². The molecule has 0 unspecified atom stereocenters. The topological polar surface area (TPSA) is 46.6 Å². The highest BCUT2D eigenvalue weighted by molar-refractivity contribution is 6.34. The molecule has 0 saturated heterocycles. The van der Waals surface area contributed by atoms with E-state index in [1.165, 1.54) is 11.8 Å². The van der Waals surface area contributed by atoms with Crippen LogP contribution in [-0.2, 0) is 16.0 Å². The number of ether oxygens (including phenoxy) is 1. The summed E-state index contributed by atoms with van der Waals surface area (Å²) < 4.78 is 5.40. The summed E-state index contributed by atoms with van der Waals surface area (Å²) in [4.78, 5) is 24.0. The van der Waals surface area contributed by atoms with Crippen molar-refractivity contribution in [1.82, 2.24) is 4.90 Å². The van der Waals surface area contributed by atoms with E-state index in [4.69, 9.17) is 4.74 Å². The van der Waals surface area contributed by atoms with Crippen molar-refractivity contribution in [2.45, 2.75) is 27.2 Å².